The Labute approximate surface area is 145 Å². The van der Waals surface area contributed by atoms with E-state index in [9.17, 15) is 8.42 Å². The standard InChI is InChI=1S/C15H17ClN2O5S/c1-21-12-6-10(7-13(22-2)15(12)23-3)8-18-24(19,20)11-4-5-14(16)17-9-11/h4-7,9,18H,8H2,1-3H3. The number of halogens is 1. The summed E-state index contributed by atoms with van der Waals surface area (Å²) in [6.07, 6.45) is 1.19. The number of methoxy groups -OCH3 is 3. The molecular formula is C15H17ClN2O5S. The average molecular weight is 373 g/mol. The molecule has 0 radical (unpaired) electrons. The molecule has 0 fully saturated rings. The maximum atomic E-state index is 12.3. The minimum Gasteiger partial charge on any atom is -0.493 e. The van der Waals surface area contributed by atoms with Gasteiger partial charge in [-0.1, -0.05) is 11.6 Å². The highest BCUT2D eigenvalue weighted by atomic mass is 35.5. The summed E-state index contributed by atoms with van der Waals surface area (Å²) in [5.74, 6) is 1.33. The van der Waals surface area contributed by atoms with Crippen LogP contribution in [0.3, 0.4) is 0 Å². The first-order valence-corrected chi connectivity index (χ1v) is 8.67. The van der Waals surface area contributed by atoms with E-state index in [0.717, 1.165) is 0 Å². The molecule has 0 atom stereocenters. The van der Waals surface area contributed by atoms with Crippen molar-refractivity contribution in [1.29, 1.82) is 0 Å². The average Bonchev–Trinajstić information content (AvgIpc) is 2.59. The van der Waals surface area contributed by atoms with Crippen LogP contribution in [0, 0.1) is 0 Å². The first kappa shape index (κ1) is 18.3. The van der Waals surface area contributed by atoms with Crippen LogP contribution in [-0.2, 0) is 16.6 Å². The van der Waals surface area contributed by atoms with Crippen molar-refractivity contribution in [3.8, 4) is 17.2 Å². The molecule has 0 bridgehead atoms. The van der Waals surface area contributed by atoms with Crippen molar-refractivity contribution in [3.63, 3.8) is 0 Å². The zero-order valence-electron chi connectivity index (χ0n) is 13.4. The van der Waals surface area contributed by atoms with E-state index in [1.807, 2.05) is 0 Å². The molecule has 7 nitrogen and oxygen atoms in total. The van der Waals surface area contributed by atoms with E-state index >= 15 is 0 Å². The summed E-state index contributed by atoms with van der Waals surface area (Å²) < 4.78 is 42.7. The highest BCUT2D eigenvalue weighted by molar-refractivity contribution is 7.89. The summed E-state index contributed by atoms with van der Waals surface area (Å²) in [6.45, 7) is 0.0433. The fraction of sp³-hybridized carbons (Fsp3) is 0.267. The van der Waals surface area contributed by atoms with Crippen molar-refractivity contribution in [2.75, 3.05) is 21.3 Å². The number of nitrogens with one attached hydrogen (secondary N) is 1. The lowest BCUT2D eigenvalue weighted by Crippen LogP contribution is -2.23. The second-order valence-corrected chi connectivity index (χ2v) is 6.83. The van der Waals surface area contributed by atoms with Crippen LogP contribution in [0.2, 0.25) is 5.15 Å². The second-order valence-electron chi connectivity index (χ2n) is 4.67. The van der Waals surface area contributed by atoms with Crippen LogP contribution < -0.4 is 18.9 Å². The highest BCUT2D eigenvalue weighted by Crippen LogP contribution is 2.38. The number of rotatable bonds is 7. The summed E-state index contributed by atoms with van der Waals surface area (Å²) in [4.78, 5) is 3.79. The molecule has 9 heteroatoms. The number of aromatic nitrogens is 1. The lowest BCUT2D eigenvalue weighted by Gasteiger charge is -2.14. The number of pyridine rings is 1. The Hall–Kier alpha value is -2.03. The van der Waals surface area contributed by atoms with Gasteiger partial charge >= 0.3 is 0 Å². The van der Waals surface area contributed by atoms with Gasteiger partial charge in [-0.15, -0.1) is 0 Å². The Morgan fingerprint density at radius 1 is 1.08 bits per heavy atom. The van der Waals surface area contributed by atoms with Gasteiger partial charge in [0, 0.05) is 12.7 Å². The first-order chi connectivity index (χ1) is 11.4. The fourth-order valence-electron chi connectivity index (χ4n) is 2.02. The molecule has 0 unspecified atom stereocenters. The third-order valence-electron chi connectivity index (χ3n) is 3.20. The van der Waals surface area contributed by atoms with Crippen molar-refractivity contribution < 1.29 is 22.6 Å². The molecule has 1 N–H and O–H groups in total. The maximum Gasteiger partial charge on any atom is 0.242 e. The number of hydrogen-bond acceptors (Lipinski definition) is 6. The van der Waals surface area contributed by atoms with E-state index in [2.05, 4.69) is 9.71 Å². The number of hydrogen-bond donors (Lipinski definition) is 1. The third-order valence-corrected chi connectivity index (χ3v) is 4.81. The van der Waals surface area contributed by atoms with E-state index in [4.69, 9.17) is 25.8 Å². The first-order valence-electron chi connectivity index (χ1n) is 6.81. The molecule has 0 aliphatic heterocycles. The fourth-order valence-corrected chi connectivity index (χ4v) is 3.09. The molecule has 1 aromatic carbocycles. The van der Waals surface area contributed by atoms with Gasteiger partial charge in [-0.2, -0.15) is 0 Å². The number of nitrogens with zero attached hydrogens (tertiary/aromatic N) is 1. The van der Waals surface area contributed by atoms with E-state index < -0.39 is 10.0 Å². The molecule has 130 valence electrons. The van der Waals surface area contributed by atoms with Crippen LogP contribution in [-0.4, -0.2) is 34.7 Å². The molecule has 0 aliphatic carbocycles. The SMILES string of the molecule is COc1cc(CNS(=O)(=O)c2ccc(Cl)nc2)cc(OC)c1OC. The normalized spacial score (nSPS) is 11.2. The Morgan fingerprint density at radius 2 is 1.71 bits per heavy atom. The van der Waals surface area contributed by atoms with Gasteiger partial charge in [0.2, 0.25) is 15.8 Å². The summed E-state index contributed by atoms with van der Waals surface area (Å²) in [7, 11) is 0.764. The smallest absolute Gasteiger partial charge is 0.242 e. The Bertz CT molecular complexity index is 784. The summed E-state index contributed by atoms with van der Waals surface area (Å²) in [5, 5.41) is 0.221. The van der Waals surface area contributed by atoms with Crippen molar-refractivity contribution in [3.05, 3.63) is 41.2 Å². The van der Waals surface area contributed by atoms with Crippen molar-refractivity contribution in [1.82, 2.24) is 9.71 Å². The number of sulfonamides is 1. The van der Waals surface area contributed by atoms with Gasteiger partial charge in [-0.05, 0) is 29.8 Å². The van der Waals surface area contributed by atoms with Crippen molar-refractivity contribution in [2.24, 2.45) is 0 Å². The minimum absolute atomic E-state index is 0.0272. The number of ether oxygens (including phenoxy) is 3. The lowest BCUT2D eigenvalue weighted by atomic mass is 10.2. The minimum atomic E-state index is -3.71. The summed E-state index contributed by atoms with van der Waals surface area (Å²) >= 11 is 5.66. The Kier molecular flexibility index (Phi) is 5.87. The van der Waals surface area contributed by atoms with Crippen LogP contribution in [0.5, 0.6) is 17.2 Å². The third kappa shape index (κ3) is 4.08. The van der Waals surface area contributed by atoms with Crippen LogP contribution in [0.15, 0.2) is 35.4 Å². The summed E-state index contributed by atoms with van der Waals surface area (Å²) in [6, 6.07) is 6.14. The predicted molar refractivity (Wildman–Crippen MR) is 89.4 cm³/mol. The second kappa shape index (κ2) is 7.69. The molecule has 0 saturated carbocycles. The number of benzene rings is 1. The Balaban J connectivity index is 2.23. The van der Waals surface area contributed by atoms with Gasteiger partial charge in [-0.25, -0.2) is 18.1 Å². The van der Waals surface area contributed by atoms with E-state index in [0.29, 0.717) is 22.8 Å². The molecule has 0 amide bonds. The molecule has 2 rings (SSSR count). The molecule has 1 heterocycles. The lowest BCUT2D eigenvalue weighted by molar-refractivity contribution is 0.323. The van der Waals surface area contributed by atoms with Crippen molar-refractivity contribution in [2.45, 2.75) is 11.4 Å². The highest BCUT2D eigenvalue weighted by Gasteiger charge is 2.17. The molecule has 1 aromatic heterocycles. The van der Waals surface area contributed by atoms with Crippen LogP contribution in [0.25, 0.3) is 0 Å². The predicted octanol–water partition coefficient (Wildman–Crippen LogP) is 2.24. The van der Waals surface area contributed by atoms with Gasteiger partial charge in [0.1, 0.15) is 10.0 Å². The molecular weight excluding hydrogens is 356 g/mol. The van der Waals surface area contributed by atoms with Crippen LogP contribution >= 0.6 is 11.6 Å². The van der Waals surface area contributed by atoms with Crippen molar-refractivity contribution >= 4 is 21.6 Å². The molecule has 0 spiro atoms. The van der Waals surface area contributed by atoms with Crippen LogP contribution in [0.4, 0.5) is 0 Å². The zero-order valence-corrected chi connectivity index (χ0v) is 14.9. The monoisotopic (exact) mass is 372 g/mol. The topological polar surface area (TPSA) is 86.8 Å². The molecule has 0 aliphatic rings. The van der Waals surface area contributed by atoms with E-state index in [-0.39, 0.29) is 16.6 Å². The van der Waals surface area contributed by atoms with Gasteiger partial charge in [0.25, 0.3) is 0 Å². The molecule has 2 aromatic rings. The van der Waals surface area contributed by atoms with Crippen LogP contribution in [0.1, 0.15) is 5.56 Å². The van der Waals surface area contributed by atoms with Gasteiger partial charge < -0.3 is 14.2 Å². The maximum absolute atomic E-state index is 12.3. The van der Waals surface area contributed by atoms with Gasteiger partial charge in [0.15, 0.2) is 11.5 Å². The van der Waals surface area contributed by atoms with Gasteiger partial charge in [-0.3, -0.25) is 0 Å². The quantitative estimate of drug-likeness (QED) is 0.750. The van der Waals surface area contributed by atoms with E-state index in [1.54, 1.807) is 12.1 Å². The molecule has 24 heavy (non-hydrogen) atoms. The summed E-state index contributed by atoms with van der Waals surface area (Å²) in [5.41, 5.74) is 0.648. The Morgan fingerprint density at radius 3 is 2.17 bits per heavy atom. The van der Waals surface area contributed by atoms with E-state index in [1.165, 1.54) is 39.7 Å². The zero-order chi connectivity index (χ0) is 17.7. The largest absolute Gasteiger partial charge is 0.493 e. The molecule has 0 saturated heterocycles. The van der Waals surface area contributed by atoms with Gasteiger partial charge in [0.05, 0.1) is 21.3 Å².